The van der Waals surface area contributed by atoms with Crippen LogP contribution in [0.4, 0.5) is 0 Å². The van der Waals surface area contributed by atoms with Crippen molar-refractivity contribution in [2.45, 2.75) is 6.92 Å². The Morgan fingerprint density at radius 2 is 2.18 bits per heavy atom. The van der Waals surface area contributed by atoms with Gasteiger partial charge in [0.05, 0.1) is 0 Å². The number of carbonyl (C=O) groups excluding carboxylic acids is 2. The summed E-state index contributed by atoms with van der Waals surface area (Å²) >= 11 is 0. The van der Waals surface area contributed by atoms with Crippen LogP contribution >= 0.6 is 0 Å². The largest absolute Gasteiger partial charge is 0.501 e. The molecule has 0 saturated carbocycles. The first-order valence-electron chi connectivity index (χ1n) is 2.89. The maximum atomic E-state index is 10.7. The number of aliphatic hydroxyl groups excluding tert-OH is 1. The number of aliphatic hydroxyl groups is 1. The van der Waals surface area contributed by atoms with Crippen LogP contribution in [0.5, 0.6) is 0 Å². The zero-order valence-electron chi connectivity index (χ0n) is 5.88. The average Bonchev–Trinajstić information content (AvgIpc) is 2.07. The molecule has 1 rings (SSSR count). The number of Topliss-reactive ketones (excluding diaryl/α,β-unsaturated/α-hetero) is 1. The lowest BCUT2D eigenvalue weighted by molar-refractivity contribution is -0.135. The third kappa shape index (κ3) is 1.02. The molecule has 1 N–H and O–H groups in total. The first kappa shape index (κ1) is 7.53. The van der Waals surface area contributed by atoms with Gasteiger partial charge in [-0.25, -0.2) is 4.79 Å². The molecular weight excluding hydrogens is 148 g/mol. The van der Waals surface area contributed by atoms with E-state index in [-0.39, 0.29) is 11.3 Å². The summed E-state index contributed by atoms with van der Waals surface area (Å²) < 4.78 is 4.37. The second kappa shape index (κ2) is 2.23. The van der Waals surface area contributed by atoms with Crippen LogP contribution < -0.4 is 0 Å². The molecule has 0 aromatic rings. The van der Waals surface area contributed by atoms with E-state index in [2.05, 4.69) is 11.3 Å². The summed E-state index contributed by atoms with van der Waals surface area (Å²) in [7, 11) is 0. The van der Waals surface area contributed by atoms with E-state index >= 15 is 0 Å². The Bertz CT molecular complexity index is 285. The molecule has 58 valence electrons. The Labute approximate surface area is 62.8 Å². The van der Waals surface area contributed by atoms with Crippen LogP contribution in [-0.4, -0.2) is 16.9 Å². The van der Waals surface area contributed by atoms with Crippen molar-refractivity contribution in [1.29, 1.82) is 0 Å². The van der Waals surface area contributed by atoms with E-state index in [0.717, 1.165) is 0 Å². The maximum Gasteiger partial charge on any atom is 0.379 e. The molecule has 0 amide bonds. The fraction of sp³-hybridized carbons (Fsp3) is 0.143. The Hall–Kier alpha value is -1.58. The molecule has 0 aromatic heterocycles. The summed E-state index contributed by atoms with van der Waals surface area (Å²) in [6, 6.07) is 0. The van der Waals surface area contributed by atoms with E-state index in [1.807, 2.05) is 0 Å². The van der Waals surface area contributed by atoms with Crippen LogP contribution in [-0.2, 0) is 14.3 Å². The van der Waals surface area contributed by atoms with Gasteiger partial charge in [0.2, 0.25) is 5.76 Å². The summed E-state index contributed by atoms with van der Waals surface area (Å²) in [4.78, 5) is 21.3. The van der Waals surface area contributed by atoms with Crippen molar-refractivity contribution in [2.75, 3.05) is 0 Å². The number of hydrogen-bond donors (Lipinski definition) is 1. The van der Waals surface area contributed by atoms with Crippen LogP contribution in [0.1, 0.15) is 6.92 Å². The van der Waals surface area contributed by atoms with Crippen LogP contribution in [0, 0.1) is 0 Å². The van der Waals surface area contributed by atoms with Gasteiger partial charge in [-0.05, 0) is 6.92 Å². The highest BCUT2D eigenvalue weighted by Gasteiger charge is 2.30. The molecule has 11 heavy (non-hydrogen) atoms. The zero-order chi connectivity index (χ0) is 8.59. The molecule has 0 unspecified atom stereocenters. The number of ether oxygens (including phenoxy) is 1. The van der Waals surface area contributed by atoms with Crippen LogP contribution in [0.3, 0.4) is 0 Å². The number of cyclic esters (lactones) is 1. The highest BCUT2D eigenvalue weighted by molar-refractivity contribution is 6.07. The van der Waals surface area contributed by atoms with Crippen LogP contribution in [0.2, 0.25) is 0 Å². The smallest absolute Gasteiger partial charge is 0.379 e. The quantitative estimate of drug-likeness (QED) is 0.557. The lowest BCUT2D eigenvalue weighted by Gasteiger charge is -1.93. The average molecular weight is 154 g/mol. The number of rotatable bonds is 1. The molecule has 0 saturated heterocycles. The van der Waals surface area contributed by atoms with E-state index in [9.17, 15) is 9.59 Å². The second-order valence-corrected chi connectivity index (χ2v) is 2.09. The maximum absolute atomic E-state index is 10.7. The van der Waals surface area contributed by atoms with E-state index in [4.69, 9.17) is 5.11 Å². The van der Waals surface area contributed by atoms with Crippen molar-refractivity contribution in [3.05, 3.63) is 23.7 Å². The molecule has 0 radical (unpaired) electrons. The predicted molar refractivity (Wildman–Crippen MR) is 35.6 cm³/mol. The Morgan fingerprint density at radius 1 is 1.64 bits per heavy atom. The molecule has 0 aliphatic carbocycles. The van der Waals surface area contributed by atoms with Gasteiger partial charge in [-0.15, -0.1) is 0 Å². The van der Waals surface area contributed by atoms with E-state index < -0.39 is 17.5 Å². The van der Waals surface area contributed by atoms with E-state index in [0.29, 0.717) is 0 Å². The summed E-state index contributed by atoms with van der Waals surface area (Å²) in [5.74, 6) is -2.08. The van der Waals surface area contributed by atoms with Gasteiger partial charge >= 0.3 is 5.97 Å². The summed E-state index contributed by atoms with van der Waals surface area (Å²) in [6.07, 6.45) is 0. The minimum Gasteiger partial charge on any atom is -0.501 e. The van der Waals surface area contributed by atoms with Gasteiger partial charge in [0.15, 0.2) is 5.78 Å². The minimum absolute atomic E-state index is 0.0833. The fourth-order valence-electron chi connectivity index (χ4n) is 0.808. The van der Waals surface area contributed by atoms with Crippen LogP contribution in [0.25, 0.3) is 0 Å². The molecule has 4 heteroatoms. The molecule has 0 aromatic carbocycles. The minimum atomic E-state index is -0.916. The van der Waals surface area contributed by atoms with Crippen molar-refractivity contribution in [1.82, 2.24) is 0 Å². The first-order valence-corrected chi connectivity index (χ1v) is 2.89. The third-order valence-electron chi connectivity index (χ3n) is 1.28. The number of ketones is 1. The lowest BCUT2D eigenvalue weighted by Crippen LogP contribution is -1.99. The van der Waals surface area contributed by atoms with E-state index in [1.165, 1.54) is 6.92 Å². The van der Waals surface area contributed by atoms with Gasteiger partial charge in [-0.3, -0.25) is 4.79 Å². The van der Waals surface area contributed by atoms with Gasteiger partial charge in [-0.1, -0.05) is 6.58 Å². The number of allylic oxidation sites excluding steroid dienone is 1. The lowest BCUT2D eigenvalue weighted by atomic mass is 10.1. The van der Waals surface area contributed by atoms with Crippen LogP contribution in [0.15, 0.2) is 23.7 Å². The van der Waals surface area contributed by atoms with Gasteiger partial charge in [0, 0.05) is 0 Å². The highest BCUT2D eigenvalue weighted by Crippen LogP contribution is 2.23. The molecule has 4 nitrogen and oxygen atoms in total. The Morgan fingerprint density at radius 3 is 2.36 bits per heavy atom. The highest BCUT2D eigenvalue weighted by atomic mass is 16.6. The van der Waals surface area contributed by atoms with Gasteiger partial charge < -0.3 is 9.84 Å². The number of carbonyl (C=O) groups is 2. The Kier molecular flexibility index (Phi) is 1.53. The monoisotopic (exact) mass is 154 g/mol. The second-order valence-electron chi connectivity index (χ2n) is 2.09. The molecule has 1 heterocycles. The molecule has 1 aliphatic rings. The standard InChI is InChI=1S/C7H6O4/c1-3(8)5-4(2)11-7(10)6(5)9/h9H,2H2,1H3. The molecule has 0 atom stereocenters. The number of esters is 1. The molecule has 0 spiro atoms. The molecule has 1 aliphatic heterocycles. The van der Waals surface area contributed by atoms with Gasteiger partial charge in [0.1, 0.15) is 11.3 Å². The molecule has 0 bridgehead atoms. The Balaban J connectivity index is 3.17. The molecular formula is C7H6O4. The summed E-state index contributed by atoms with van der Waals surface area (Å²) in [5.41, 5.74) is -0.130. The fourth-order valence-corrected chi connectivity index (χ4v) is 0.808. The van der Waals surface area contributed by atoms with Crippen molar-refractivity contribution in [2.24, 2.45) is 0 Å². The first-order chi connectivity index (χ1) is 5.04. The van der Waals surface area contributed by atoms with Gasteiger partial charge in [0.25, 0.3) is 0 Å². The van der Waals surface area contributed by atoms with E-state index in [1.54, 1.807) is 0 Å². The topological polar surface area (TPSA) is 63.6 Å². The van der Waals surface area contributed by atoms with Crippen molar-refractivity contribution >= 4 is 11.8 Å². The van der Waals surface area contributed by atoms with Gasteiger partial charge in [-0.2, -0.15) is 0 Å². The summed E-state index contributed by atoms with van der Waals surface area (Å²) in [6.45, 7) is 4.50. The number of hydrogen-bond acceptors (Lipinski definition) is 4. The normalized spacial score (nSPS) is 17.2. The van der Waals surface area contributed by atoms with Crippen molar-refractivity contribution in [3.63, 3.8) is 0 Å². The SMILES string of the molecule is C=C1OC(=O)C(O)=C1C(C)=O. The summed E-state index contributed by atoms with van der Waals surface area (Å²) in [5, 5.41) is 8.92. The predicted octanol–water partition coefficient (Wildman–Crippen LogP) is 0.458. The van der Waals surface area contributed by atoms with Crippen molar-refractivity contribution < 1.29 is 19.4 Å². The van der Waals surface area contributed by atoms with Crippen molar-refractivity contribution in [3.8, 4) is 0 Å². The third-order valence-corrected chi connectivity index (χ3v) is 1.28. The molecule has 0 fully saturated rings. The zero-order valence-corrected chi connectivity index (χ0v) is 5.88.